The summed E-state index contributed by atoms with van der Waals surface area (Å²) in [5, 5.41) is 11.5. The van der Waals surface area contributed by atoms with Crippen LogP contribution in [0.25, 0.3) is 0 Å². The molecule has 0 bridgehead atoms. The van der Waals surface area contributed by atoms with Gasteiger partial charge in [0, 0.05) is 5.54 Å². The summed E-state index contributed by atoms with van der Waals surface area (Å²) in [7, 11) is 0. The van der Waals surface area contributed by atoms with Crippen molar-refractivity contribution in [3.8, 4) is 0 Å². The molecule has 1 amide bonds. The van der Waals surface area contributed by atoms with Crippen LogP contribution in [0, 0.1) is 0 Å². The molecule has 0 radical (unpaired) electrons. The minimum absolute atomic E-state index is 0.108. The number of carbonyl (C=O) groups is 2. The number of rotatable bonds is 5. The summed E-state index contributed by atoms with van der Waals surface area (Å²) in [6.07, 6.45) is -0.204. The largest absolute Gasteiger partial charge is 0.481 e. The molecule has 0 aliphatic carbocycles. The van der Waals surface area contributed by atoms with Crippen molar-refractivity contribution in [2.24, 2.45) is 0 Å². The van der Waals surface area contributed by atoms with Crippen molar-refractivity contribution in [2.75, 3.05) is 19.8 Å². The Bertz CT molecular complexity index is 288. The van der Waals surface area contributed by atoms with Gasteiger partial charge in [-0.05, 0) is 13.3 Å². The zero-order valence-corrected chi connectivity index (χ0v) is 10.2. The van der Waals surface area contributed by atoms with Gasteiger partial charge in [0.25, 0.3) is 5.91 Å². The van der Waals surface area contributed by atoms with Crippen LogP contribution in [0.4, 0.5) is 0 Å². The first-order valence-corrected chi connectivity index (χ1v) is 5.70. The number of amides is 1. The molecule has 0 aromatic rings. The third-order valence-electron chi connectivity index (χ3n) is 2.86. The van der Waals surface area contributed by atoms with Crippen molar-refractivity contribution in [1.29, 1.82) is 0 Å². The molecular weight excluding hydrogens is 226 g/mol. The third-order valence-corrected chi connectivity index (χ3v) is 2.86. The fourth-order valence-corrected chi connectivity index (χ4v) is 1.61. The highest BCUT2D eigenvalue weighted by Crippen LogP contribution is 2.15. The van der Waals surface area contributed by atoms with E-state index in [1.165, 1.54) is 0 Å². The summed E-state index contributed by atoms with van der Waals surface area (Å²) in [4.78, 5) is 22.6. The number of carbonyl (C=O) groups excluding carboxylic acids is 1. The smallest absolute Gasteiger partial charge is 0.305 e. The molecule has 0 spiro atoms. The summed E-state index contributed by atoms with van der Waals surface area (Å²) >= 11 is 0. The van der Waals surface area contributed by atoms with Crippen molar-refractivity contribution in [3.05, 3.63) is 0 Å². The molecule has 1 aliphatic heterocycles. The van der Waals surface area contributed by atoms with Crippen molar-refractivity contribution in [1.82, 2.24) is 5.32 Å². The Hall–Kier alpha value is -1.14. The van der Waals surface area contributed by atoms with E-state index in [9.17, 15) is 9.59 Å². The highest BCUT2D eigenvalue weighted by Gasteiger charge is 2.31. The zero-order valence-electron chi connectivity index (χ0n) is 10.2. The van der Waals surface area contributed by atoms with Crippen molar-refractivity contribution < 1.29 is 24.2 Å². The molecule has 0 unspecified atom stereocenters. The van der Waals surface area contributed by atoms with E-state index in [4.69, 9.17) is 14.6 Å². The van der Waals surface area contributed by atoms with Crippen LogP contribution in [0.1, 0.15) is 26.7 Å². The number of ether oxygens (including phenoxy) is 2. The molecule has 1 aliphatic rings. The predicted octanol–water partition coefficient (Wildman–Crippen LogP) is 0.161. The summed E-state index contributed by atoms with van der Waals surface area (Å²) in [5.41, 5.74) is -0.746. The number of nitrogens with one attached hydrogen (secondary N) is 1. The molecule has 2 atom stereocenters. The number of hydrogen-bond acceptors (Lipinski definition) is 4. The van der Waals surface area contributed by atoms with Gasteiger partial charge in [0.2, 0.25) is 0 Å². The Morgan fingerprint density at radius 2 is 2.18 bits per heavy atom. The van der Waals surface area contributed by atoms with E-state index in [0.717, 1.165) is 0 Å². The lowest BCUT2D eigenvalue weighted by Gasteiger charge is -2.31. The molecule has 0 saturated carbocycles. The molecule has 0 aromatic heterocycles. The molecule has 6 heteroatoms. The molecule has 2 N–H and O–H groups in total. The molecule has 1 saturated heterocycles. The van der Waals surface area contributed by atoms with E-state index < -0.39 is 17.6 Å². The van der Waals surface area contributed by atoms with E-state index >= 15 is 0 Å². The van der Waals surface area contributed by atoms with Crippen LogP contribution in [0.5, 0.6) is 0 Å². The highest BCUT2D eigenvalue weighted by atomic mass is 16.6. The molecular formula is C11H19NO5. The summed E-state index contributed by atoms with van der Waals surface area (Å²) in [5.74, 6) is -1.24. The molecule has 1 rings (SSSR count). The first-order valence-electron chi connectivity index (χ1n) is 5.70. The van der Waals surface area contributed by atoms with Gasteiger partial charge in [0.15, 0.2) is 6.10 Å². The van der Waals surface area contributed by atoms with Crippen molar-refractivity contribution in [2.45, 2.75) is 38.3 Å². The molecule has 1 fully saturated rings. The second-order valence-corrected chi connectivity index (χ2v) is 4.41. The molecule has 17 heavy (non-hydrogen) atoms. The van der Waals surface area contributed by atoms with Gasteiger partial charge in [-0.3, -0.25) is 9.59 Å². The number of aliphatic carboxylic acids is 1. The first kappa shape index (κ1) is 13.9. The average molecular weight is 245 g/mol. The first-order chi connectivity index (χ1) is 7.97. The second-order valence-electron chi connectivity index (χ2n) is 4.41. The van der Waals surface area contributed by atoms with Crippen LogP contribution in [0.15, 0.2) is 0 Å². The average Bonchev–Trinajstić information content (AvgIpc) is 2.29. The second kappa shape index (κ2) is 5.97. The van der Waals surface area contributed by atoms with E-state index in [2.05, 4.69) is 5.32 Å². The third kappa shape index (κ3) is 4.32. The fourth-order valence-electron chi connectivity index (χ4n) is 1.61. The Morgan fingerprint density at radius 3 is 2.65 bits per heavy atom. The van der Waals surface area contributed by atoms with Crippen LogP contribution >= 0.6 is 0 Å². The van der Waals surface area contributed by atoms with Gasteiger partial charge in [-0.15, -0.1) is 0 Å². The van der Waals surface area contributed by atoms with E-state index in [-0.39, 0.29) is 18.9 Å². The van der Waals surface area contributed by atoms with Crippen molar-refractivity contribution in [3.63, 3.8) is 0 Å². The van der Waals surface area contributed by atoms with Crippen LogP contribution in [-0.4, -0.2) is 48.4 Å². The Morgan fingerprint density at radius 1 is 1.47 bits per heavy atom. The van der Waals surface area contributed by atoms with E-state index in [1.807, 2.05) is 6.92 Å². The van der Waals surface area contributed by atoms with Crippen LogP contribution in [-0.2, 0) is 19.1 Å². The summed E-state index contributed by atoms with van der Waals surface area (Å²) < 4.78 is 10.4. The van der Waals surface area contributed by atoms with Gasteiger partial charge in [0.05, 0.1) is 26.2 Å². The number of carboxylic acid groups (broad SMARTS) is 1. The van der Waals surface area contributed by atoms with Gasteiger partial charge >= 0.3 is 5.97 Å². The lowest BCUT2D eigenvalue weighted by atomic mass is 9.94. The lowest BCUT2D eigenvalue weighted by Crippen LogP contribution is -2.53. The lowest BCUT2D eigenvalue weighted by molar-refractivity contribution is -0.150. The topological polar surface area (TPSA) is 84.9 Å². The fraction of sp³-hybridized carbons (Fsp3) is 0.818. The molecule has 0 aromatic carbocycles. The Labute approximate surface area is 100 Å². The summed E-state index contributed by atoms with van der Waals surface area (Å²) in [6, 6.07) is 0. The maximum absolute atomic E-state index is 11.8. The standard InChI is InChI=1S/C11H19NO5/c1-3-11(2,6-9(13)14)12-10(15)8-7-16-4-5-17-8/h8H,3-7H2,1-2H3,(H,12,15)(H,13,14)/t8-,11+/m1/s1. The van der Waals surface area contributed by atoms with Gasteiger partial charge < -0.3 is 19.9 Å². The van der Waals surface area contributed by atoms with E-state index in [1.54, 1.807) is 6.92 Å². The summed E-state index contributed by atoms with van der Waals surface area (Å²) in [6.45, 7) is 4.65. The van der Waals surface area contributed by atoms with Gasteiger partial charge in [-0.2, -0.15) is 0 Å². The van der Waals surface area contributed by atoms with Gasteiger partial charge in [-0.25, -0.2) is 0 Å². The predicted molar refractivity (Wildman–Crippen MR) is 59.7 cm³/mol. The maximum Gasteiger partial charge on any atom is 0.305 e. The van der Waals surface area contributed by atoms with Gasteiger partial charge in [0.1, 0.15) is 0 Å². The molecule has 1 heterocycles. The number of hydrogen-bond donors (Lipinski definition) is 2. The SMILES string of the molecule is CC[C@@](C)(CC(=O)O)NC(=O)[C@H]1COCCO1. The Kier molecular flexibility index (Phi) is 4.89. The highest BCUT2D eigenvalue weighted by molar-refractivity contribution is 5.82. The van der Waals surface area contributed by atoms with Crippen molar-refractivity contribution >= 4 is 11.9 Å². The monoisotopic (exact) mass is 245 g/mol. The normalized spacial score (nSPS) is 23.8. The maximum atomic E-state index is 11.8. The minimum Gasteiger partial charge on any atom is -0.481 e. The van der Waals surface area contributed by atoms with E-state index in [0.29, 0.717) is 19.6 Å². The minimum atomic E-state index is -0.935. The Balaban J connectivity index is 2.54. The number of carboxylic acids is 1. The quantitative estimate of drug-likeness (QED) is 0.720. The molecule has 98 valence electrons. The zero-order chi connectivity index (χ0) is 12.9. The van der Waals surface area contributed by atoms with Gasteiger partial charge in [-0.1, -0.05) is 6.92 Å². The van der Waals surface area contributed by atoms with Crippen LogP contribution < -0.4 is 5.32 Å². The van der Waals surface area contributed by atoms with Crippen LogP contribution in [0.2, 0.25) is 0 Å². The molecule has 6 nitrogen and oxygen atoms in total. The van der Waals surface area contributed by atoms with Crippen LogP contribution in [0.3, 0.4) is 0 Å².